The second kappa shape index (κ2) is 5.47. The van der Waals surface area contributed by atoms with Crippen molar-refractivity contribution in [3.05, 3.63) is 48.5 Å². The maximum atomic E-state index is 12.1. The van der Waals surface area contributed by atoms with Gasteiger partial charge in [-0.15, -0.1) is 0 Å². The van der Waals surface area contributed by atoms with Crippen molar-refractivity contribution in [2.45, 2.75) is 0 Å². The fraction of sp³-hybridized carbons (Fsp3) is 0.133. The van der Waals surface area contributed by atoms with Crippen LogP contribution in [-0.2, 0) is 10.2 Å². The van der Waals surface area contributed by atoms with Gasteiger partial charge in [-0.05, 0) is 30.3 Å². The quantitative estimate of drug-likeness (QED) is 0.886. The van der Waals surface area contributed by atoms with E-state index in [4.69, 9.17) is 0 Å². The Bertz CT molecular complexity index is 852. The Labute approximate surface area is 134 Å². The molecule has 0 saturated carbocycles. The highest BCUT2D eigenvalue weighted by Crippen LogP contribution is 2.40. The van der Waals surface area contributed by atoms with Crippen molar-refractivity contribution in [1.29, 1.82) is 0 Å². The summed E-state index contributed by atoms with van der Waals surface area (Å²) >= 11 is 0. The number of urea groups is 1. The fourth-order valence-corrected chi connectivity index (χ4v) is 3.53. The molecule has 0 aliphatic carbocycles. The van der Waals surface area contributed by atoms with Crippen LogP contribution in [0.2, 0.25) is 0 Å². The van der Waals surface area contributed by atoms with Crippen LogP contribution in [0, 0.1) is 0 Å². The molecule has 0 radical (unpaired) electrons. The van der Waals surface area contributed by atoms with Crippen LogP contribution in [0.1, 0.15) is 0 Å². The van der Waals surface area contributed by atoms with Gasteiger partial charge < -0.3 is 10.6 Å². The number of hydrogen-bond acceptors (Lipinski definition) is 3. The maximum absolute atomic E-state index is 12.1. The van der Waals surface area contributed by atoms with E-state index in [0.717, 1.165) is 0 Å². The molecule has 1 aliphatic heterocycles. The lowest BCUT2D eigenvalue weighted by atomic mass is 10.2. The van der Waals surface area contributed by atoms with Gasteiger partial charge in [-0.3, -0.25) is 8.61 Å². The number of carbonyl (C=O) groups is 1. The molecule has 0 saturated heterocycles. The van der Waals surface area contributed by atoms with Gasteiger partial charge in [0.05, 0.1) is 11.4 Å². The molecule has 2 aromatic carbocycles. The molecule has 1 aliphatic rings. The highest BCUT2D eigenvalue weighted by Gasteiger charge is 2.35. The molecule has 0 spiro atoms. The van der Waals surface area contributed by atoms with E-state index in [1.54, 1.807) is 30.3 Å². The predicted molar refractivity (Wildman–Crippen MR) is 91.3 cm³/mol. The lowest BCUT2D eigenvalue weighted by molar-refractivity contribution is 0.262. The second-order valence-corrected chi connectivity index (χ2v) is 7.08. The van der Waals surface area contributed by atoms with Crippen LogP contribution in [0.15, 0.2) is 48.5 Å². The summed E-state index contributed by atoms with van der Waals surface area (Å²) in [7, 11) is -0.548. The third-order valence-corrected chi connectivity index (χ3v) is 5.41. The SMILES string of the molecule is CN1c2ccc(NC(=O)Nc3ccccc3)cc2N(C)S1(=O)=O. The Morgan fingerprint density at radius 1 is 0.870 bits per heavy atom. The Morgan fingerprint density at radius 3 is 2.17 bits per heavy atom. The molecule has 0 bridgehead atoms. The number of fused-ring (bicyclic) bond motifs is 1. The minimum absolute atomic E-state index is 0.395. The second-order valence-electron chi connectivity index (χ2n) is 5.09. The Kier molecular flexibility index (Phi) is 3.61. The van der Waals surface area contributed by atoms with Crippen molar-refractivity contribution in [2.75, 3.05) is 33.3 Å². The van der Waals surface area contributed by atoms with E-state index in [0.29, 0.717) is 22.7 Å². The number of benzene rings is 2. The maximum Gasteiger partial charge on any atom is 0.326 e. The lowest BCUT2D eigenvalue weighted by Gasteiger charge is -2.13. The summed E-state index contributed by atoms with van der Waals surface area (Å²) in [5, 5.41) is 5.39. The van der Waals surface area contributed by atoms with Crippen LogP contribution in [0.25, 0.3) is 0 Å². The molecule has 8 heteroatoms. The average Bonchev–Trinajstić information content (AvgIpc) is 2.69. The number of anilines is 4. The minimum Gasteiger partial charge on any atom is -0.308 e. The lowest BCUT2D eigenvalue weighted by Crippen LogP contribution is -2.32. The Balaban J connectivity index is 1.79. The number of para-hydroxylation sites is 1. The highest BCUT2D eigenvalue weighted by molar-refractivity contribution is 7.94. The summed E-state index contributed by atoms with van der Waals surface area (Å²) in [6, 6.07) is 13.6. The molecule has 3 rings (SSSR count). The van der Waals surface area contributed by atoms with Gasteiger partial charge in [0.1, 0.15) is 0 Å². The zero-order chi connectivity index (χ0) is 16.6. The summed E-state index contributed by atoms with van der Waals surface area (Å²) in [6.07, 6.45) is 0. The van der Waals surface area contributed by atoms with Crippen LogP contribution < -0.4 is 19.2 Å². The number of carbonyl (C=O) groups excluding carboxylic acids is 1. The van der Waals surface area contributed by atoms with Gasteiger partial charge in [-0.25, -0.2) is 4.79 Å². The monoisotopic (exact) mass is 332 g/mol. The van der Waals surface area contributed by atoms with Crippen LogP contribution in [0.4, 0.5) is 27.5 Å². The Hall–Kier alpha value is -2.74. The zero-order valence-electron chi connectivity index (χ0n) is 12.6. The molecule has 120 valence electrons. The van der Waals surface area contributed by atoms with E-state index in [1.807, 2.05) is 18.2 Å². The average molecular weight is 332 g/mol. The van der Waals surface area contributed by atoms with Gasteiger partial charge in [0.2, 0.25) is 0 Å². The third kappa shape index (κ3) is 2.68. The first-order valence-corrected chi connectivity index (χ1v) is 8.29. The summed E-state index contributed by atoms with van der Waals surface area (Å²) in [5.41, 5.74) is 2.27. The van der Waals surface area contributed by atoms with Crippen molar-refractivity contribution >= 4 is 39.0 Å². The smallest absolute Gasteiger partial charge is 0.308 e. The molecule has 0 fully saturated rings. The van der Waals surface area contributed by atoms with E-state index < -0.39 is 16.2 Å². The van der Waals surface area contributed by atoms with E-state index in [1.165, 1.54) is 22.7 Å². The first-order chi connectivity index (χ1) is 10.9. The number of nitrogens with zero attached hydrogens (tertiary/aromatic N) is 2. The summed E-state index contributed by atoms with van der Waals surface area (Å²) < 4.78 is 26.5. The van der Waals surface area contributed by atoms with Gasteiger partial charge in [-0.2, -0.15) is 8.42 Å². The van der Waals surface area contributed by atoms with E-state index in [9.17, 15) is 13.2 Å². The largest absolute Gasteiger partial charge is 0.326 e. The van der Waals surface area contributed by atoms with Crippen LogP contribution in [-0.4, -0.2) is 28.5 Å². The Morgan fingerprint density at radius 2 is 1.48 bits per heavy atom. The molecule has 2 aromatic rings. The van der Waals surface area contributed by atoms with Gasteiger partial charge in [-0.1, -0.05) is 18.2 Å². The summed E-state index contributed by atoms with van der Waals surface area (Å²) in [4.78, 5) is 12.0. The standard InChI is InChI=1S/C15H16N4O3S/c1-18-13-9-8-12(10-14(13)19(2)23(18,21)22)17-15(20)16-11-6-4-3-5-7-11/h3-10H,1-2H3,(H2,16,17,20). The molecule has 2 amide bonds. The summed E-state index contributed by atoms with van der Waals surface area (Å²) in [6.45, 7) is 0. The van der Waals surface area contributed by atoms with Crippen molar-refractivity contribution in [2.24, 2.45) is 0 Å². The number of hydrogen-bond donors (Lipinski definition) is 2. The van der Waals surface area contributed by atoms with E-state index >= 15 is 0 Å². The first kappa shape index (κ1) is 15.2. The van der Waals surface area contributed by atoms with Crippen molar-refractivity contribution in [3.63, 3.8) is 0 Å². The van der Waals surface area contributed by atoms with Crippen molar-refractivity contribution in [1.82, 2.24) is 0 Å². The number of rotatable bonds is 2. The molecule has 1 heterocycles. The molecule has 0 aromatic heterocycles. The van der Waals surface area contributed by atoms with Crippen LogP contribution >= 0.6 is 0 Å². The normalized spacial score (nSPS) is 15.2. The topological polar surface area (TPSA) is 81.8 Å². The molecule has 0 unspecified atom stereocenters. The molecular formula is C15H16N4O3S. The van der Waals surface area contributed by atoms with Gasteiger partial charge >= 0.3 is 16.2 Å². The number of amides is 2. The fourth-order valence-electron chi connectivity index (χ4n) is 2.37. The van der Waals surface area contributed by atoms with E-state index in [-0.39, 0.29) is 0 Å². The molecular weight excluding hydrogens is 316 g/mol. The van der Waals surface area contributed by atoms with Crippen molar-refractivity contribution < 1.29 is 13.2 Å². The minimum atomic E-state index is -3.52. The van der Waals surface area contributed by atoms with Gasteiger partial charge in [0, 0.05) is 25.5 Å². The first-order valence-electron chi connectivity index (χ1n) is 6.89. The third-order valence-electron chi connectivity index (χ3n) is 3.64. The van der Waals surface area contributed by atoms with Crippen LogP contribution in [0.5, 0.6) is 0 Å². The van der Waals surface area contributed by atoms with Gasteiger partial charge in [0.15, 0.2) is 0 Å². The molecule has 7 nitrogen and oxygen atoms in total. The highest BCUT2D eigenvalue weighted by atomic mass is 32.2. The summed E-state index contributed by atoms with van der Waals surface area (Å²) in [5.74, 6) is 0. The number of nitrogens with one attached hydrogen (secondary N) is 2. The van der Waals surface area contributed by atoms with Crippen LogP contribution in [0.3, 0.4) is 0 Å². The molecule has 23 heavy (non-hydrogen) atoms. The zero-order valence-corrected chi connectivity index (χ0v) is 13.5. The predicted octanol–water partition coefficient (Wildman–Crippen LogP) is 2.46. The molecule has 2 N–H and O–H groups in total. The van der Waals surface area contributed by atoms with Crippen molar-refractivity contribution in [3.8, 4) is 0 Å². The molecule has 0 atom stereocenters. The van der Waals surface area contributed by atoms with Gasteiger partial charge in [0.25, 0.3) is 0 Å². The van der Waals surface area contributed by atoms with E-state index in [2.05, 4.69) is 10.6 Å².